The molecule has 0 bridgehead atoms. The van der Waals surface area contributed by atoms with Gasteiger partial charge in [-0.3, -0.25) is 9.36 Å². The average Bonchev–Trinajstić information content (AvgIpc) is 2.97. The molecule has 2 aromatic rings. The second-order valence-electron chi connectivity index (χ2n) is 4.40. The zero-order valence-corrected chi connectivity index (χ0v) is 11.3. The van der Waals surface area contributed by atoms with Crippen molar-refractivity contribution in [2.24, 2.45) is 0 Å². The molecule has 0 radical (unpaired) electrons. The van der Waals surface area contributed by atoms with Crippen LogP contribution in [0.5, 0.6) is 0 Å². The summed E-state index contributed by atoms with van der Waals surface area (Å²) in [6.45, 7) is 9.82. The fourth-order valence-electron chi connectivity index (χ4n) is 2.00. The molecule has 0 aliphatic heterocycles. The molecule has 0 aliphatic rings. The predicted molar refractivity (Wildman–Crippen MR) is 71.1 cm³/mol. The van der Waals surface area contributed by atoms with E-state index < -0.39 is 0 Å². The molecule has 98 valence electrons. The minimum atomic E-state index is 0.842. The van der Waals surface area contributed by atoms with Crippen LogP contribution in [0.2, 0.25) is 0 Å². The van der Waals surface area contributed by atoms with Gasteiger partial charge >= 0.3 is 0 Å². The highest BCUT2D eigenvalue weighted by Gasteiger charge is 2.05. The maximum atomic E-state index is 4.34. The monoisotopic (exact) mass is 247 g/mol. The van der Waals surface area contributed by atoms with Crippen molar-refractivity contribution in [3.8, 4) is 0 Å². The molecule has 2 aromatic heterocycles. The van der Waals surface area contributed by atoms with E-state index in [0.29, 0.717) is 0 Å². The van der Waals surface area contributed by atoms with Crippen LogP contribution in [0.25, 0.3) is 0 Å². The highest BCUT2D eigenvalue weighted by Crippen LogP contribution is 2.07. The molecule has 0 saturated carbocycles. The van der Waals surface area contributed by atoms with Gasteiger partial charge in [-0.25, -0.2) is 0 Å². The number of aryl methyl sites for hydroxylation is 3. The number of aromatic nitrogens is 4. The Hall–Kier alpha value is -1.62. The zero-order valence-electron chi connectivity index (χ0n) is 11.3. The maximum absolute atomic E-state index is 4.34. The summed E-state index contributed by atoms with van der Waals surface area (Å²) in [7, 11) is 0. The van der Waals surface area contributed by atoms with E-state index in [4.69, 9.17) is 0 Å². The number of nitrogens with zero attached hydrogens (tertiary/aromatic N) is 4. The molecule has 0 aliphatic carbocycles. The molecule has 0 aromatic carbocycles. The molecule has 0 atom stereocenters. The summed E-state index contributed by atoms with van der Waals surface area (Å²) < 4.78 is 3.98. The Balaban J connectivity index is 1.90. The standard InChI is InChI=1S/C13H21N5/c1-4-17-10-12(8-15-17)7-14-9-13-11(3)6-16-18(13)5-2/h6,8,10,14H,4-5,7,9H2,1-3H3. The molecular formula is C13H21N5. The van der Waals surface area contributed by atoms with Crippen molar-refractivity contribution in [2.45, 2.75) is 47.0 Å². The molecule has 2 heterocycles. The molecule has 5 heteroatoms. The van der Waals surface area contributed by atoms with Gasteiger partial charge in [-0.05, 0) is 26.3 Å². The molecule has 0 fully saturated rings. The van der Waals surface area contributed by atoms with E-state index in [0.717, 1.165) is 26.2 Å². The van der Waals surface area contributed by atoms with Gasteiger partial charge in [0.15, 0.2) is 0 Å². The first kappa shape index (κ1) is 12.8. The Labute approximate surface area is 108 Å². The largest absolute Gasteiger partial charge is 0.307 e. The number of rotatable bonds is 6. The van der Waals surface area contributed by atoms with Crippen molar-refractivity contribution in [1.82, 2.24) is 24.9 Å². The molecule has 1 N–H and O–H groups in total. The van der Waals surface area contributed by atoms with E-state index in [1.807, 2.05) is 21.8 Å². The van der Waals surface area contributed by atoms with E-state index in [9.17, 15) is 0 Å². The summed E-state index contributed by atoms with van der Waals surface area (Å²) in [5.41, 5.74) is 3.73. The molecule has 0 spiro atoms. The third-order valence-electron chi connectivity index (χ3n) is 3.09. The van der Waals surface area contributed by atoms with Gasteiger partial charge in [0, 0.05) is 37.9 Å². The van der Waals surface area contributed by atoms with Crippen molar-refractivity contribution in [2.75, 3.05) is 0 Å². The Morgan fingerprint density at radius 1 is 1.11 bits per heavy atom. The lowest BCUT2D eigenvalue weighted by atomic mass is 10.2. The molecule has 0 saturated heterocycles. The van der Waals surface area contributed by atoms with E-state index in [1.54, 1.807) is 0 Å². The van der Waals surface area contributed by atoms with Crippen molar-refractivity contribution in [3.63, 3.8) is 0 Å². The number of hydrogen-bond acceptors (Lipinski definition) is 3. The van der Waals surface area contributed by atoms with E-state index >= 15 is 0 Å². The minimum Gasteiger partial charge on any atom is -0.307 e. The Bertz CT molecular complexity index is 497. The van der Waals surface area contributed by atoms with Crippen LogP contribution in [0, 0.1) is 6.92 Å². The summed E-state index contributed by atoms with van der Waals surface area (Å²) in [5.74, 6) is 0. The second-order valence-corrected chi connectivity index (χ2v) is 4.40. The van der Waals surface area contributed by atoms with Crippen molar-refractivity contribution in [3.05, 3.63) is 35.4 Å². The molecule has 2 rings (SSSR count). The van der Waals surface area contributed by atoms with Gasteiger partial charge in [-0.15, -0.1) is 0 Å². The van der Waals surface area contributed by atoms with Crippen molar-refractivity contribution < 1.29 is 0 Å². The van der Waals surface area contributed by atoms with Gasteiger partial charge in [0.05, 0.1) is 18.1 Å². The van der Waals surface area contributed by atoms with Gasteiger partial charge in [-0.1, -0.05) is 0 Å². The van der Waals surface area contributed by atoms with Crippen LogP contribution >= 0.6 is 0 Å². The van der Waals surface area contributed by atoms with Crippen LogP contribution in [0.3, 0.4) is 0 Å². The molecule has 18 heavy (non-hydrogen) atoms. The number of hydrogen-bond donors (Lipinski definition) is 1. The smallest absolute Gasteiger partial charge is 0.0551 e. The predicted octanol–water partition coefficient (Wildman–Crippen LogP) is 1.72. The normalized spacial score (nSPS) is 11.1. The number of nitrogens with one attached hydrogen (secondary N) is 1. The van der Waals surface area contributed by atoms with Crippen LogP contribution < -0.4 is 5.32 Å². The Morgan fingerprint density at radius 2 is 1.94 bits per heavy atom. The topological polar surface area (TPSA) is 47.7 Å². The first-order chi connectivity index (χ1) is 8.74. The quantitative estimate of drug-likeness (QED) is 0.845. The summed E-state index contributed by atoms with van der Waals surface area (Å²) in [6, 6.07) is 0. The fourth-order valence-corrected chi connectivity index (χ4v) is 2.00. The van der Waals surface area contributed by atoms with Crippen LogP contribution in [-0.4, -0.2) is 19.6 Å². The van der Waals surface area contributed by atoms with E-state index in [1.165, 1.54) is 16.8 Å². The van der Waals surface area contributed by atoms with E-state index in [2.05, 4.69) is 42.5 Å². The molecule has 0 amide bonds. The SMILES string of the molecule is CCn1cc(CNCc2c(C)cnn2CC)cn1. The minimum absolute atomic E-state index is 0.842. The highest BCUT2D eigenvalue weighted by molar-refractivity contribution is 5.15. The van der Waals surface area contributed by atoms with Gasteiger partial charge in [0.25, 0.3) is 0 Å². The summed E-state index contributed by atoms with van der Waals surface area (Å²) in [4.78, 5) is 0. The van der Waals surface area contributed by atoms with Gasteiger partial charge < -0.3 is 5.32 Å². The zero-order chi connectivity index (χ0) is 13.0. The van der Waals surface area contributed by atoms with E-state index in [-0.39, 0.29) is 0 Å². The van der Waals surface area contributed by atoms with Crippen LogP contribution in [-0.2, 0) is 26.2 Å². The molecule has 5 nitrogen and oxygen atoms in total. The first-order valence-corrected chi connectivity index (χ1v) is 6.48. The molecular weight excluding hydrogens is 226 g/mol. The molecule has 0 unspecified atom stereocenters. The Kier molecular flexibility index (Phi) is 4.15. The lowest BCUT2D eigenvalue weighted by Crippen LogP contribution is -2.16. The maximum Gasteiger partial charge on any atom is 0.0551 e. The lowest BCUT2D eigenvalue weighted by Gasteiger charge is -2.07. The van der Waals surface area contributed by atoms with Gasteiger partial charge in [0.2, 0.25) is 0 Å². The van der Waals surface area contributed by atoms with Crippen molar-refractivity contribution in [1.29, 1.82) is 0 Å². The second kappa shape index (κ2) is 5.82. The lowest BCUT2D eigenvalue weighted by molar-refractivity contribution is 0.579. The van der Waals surface area contributed by atoms with Gasteiger partial charge in [-0.2, -0.15) is 10.2 Å². The summed E-state index contributed by atoms with van der Waals surface area (Å²) >= 11 is 0. The third kappa shape index (κ3) is 2.79. The third-order valence-corrected chi connectivity index (χ3v) is 3.09. The summed E-state index contributed by atoms with van der Waals surface area (Å²) in [6.07, 6.45) is 5.92. The van der Waals surface area contributed by atoms with Crippen LogP contribution in [0.15, 0.2) is 18.6 Å². The first-order valence-electron chi connectivity index (χ1n) is 6.48. The van der Waals surface area contributed by atoms with Gasteiger partial charge in [0.1, 0.15) is 0 Å². The highest BCUT2D eigenvalue weighted by atomic mass is 15.3. The van der Waals surface area contributed by atoms with Crippen LogP contribution in [0.1, 0.15) is 30.7 Å². The fraction of sp³-hybridized carbons (Fsp3) is 0.538. The van der Waals surface area contributed by atoms with Crippen LogP contribution in [0.4, 0.5) is 0 Å². The Morgan fingerprint density at radius 3 is 2.61 bits per heavy atom. The van der Waals surface area contributed by atoms with Crippen molar-refractivity contribution >= 4 is 0 Å². The average molecular weight is 247 g/mol. The summed E-state index contributed by atoms with van der Waals surface area (Å²) in [5, 5.41) is 12.0.